The van der Waals surface area contributed by atoms with E-state index >= 15 is 0 Å². The van der Waals surface area contributed by atoms with Crippen LogP contribution in [0.25, 0.3) is 0 Å². The summed E-state index contributed by atoms with van der Waals surface area (Å²) in [6, 6.07) is 3.38. The first-order valence-corrected chi connectivity index (χ1v) is 10.4. The van der Waals surface area contributed by atoms with Gasteiger partial charge >= 0.3 is 12.3 Å². The van der Waals surface area contributed by atoms with Crippen molar-refractivity contribution in [3.05, 3.63) is 28.2 Å². The lowest BCUT2D eigenvalue weighted by Crippen LogP contribution is -2.41. The molecule has 1 amide bonds. The molecule has 1 fully saturated rings. The van der Waals surface area contributed by atoms with Gasteiger partial charge in [0.25, 0.3) is 0 Å². The van der Waals surface area contributed by atoms with Crippen molar-refractivity contribution in [1.29, 1.82) is 0 Å². The molecule has 164 valence electrons. The van der Waals surface area contributed by atoms with Crippen molar-refractivity contribution in [2.45, 2.75) is 45.4 Å². The zero-order chi connectivity index (χ0) is 21.7. The number of rotatable bonds is 6. The molecule has 1 heterocycles. The number of hydrogen-bond acceptors (Lipinski definition) is 4. The molecule has 0 unspecified atom stereocenters. The first-order chi connectivity index (χ1) is 13.4. The predicted octanol–water partition coefficient (Wildman–Crippen LogP) is 5.08. The van der Waals surface area contributed by atoms with Gasteiger partial charge in [-0.1, -0.05) is 0 Å². The topological polar surface area (TPSA) is 50.8 Å². The number of amides is 1. The van der Waals surface area contributed by atoms with Crippen molar-refractivity contribution in [3.8, 4) is 5.75 Å². The van der Waals surface area contributed by atoms with Gasteiger partial charge in [0, 0.05) is 13.1 Å². The van der Waals surface area contributed by atoms with Crippen LogP contribution in [0.3, 0.4) is 0 Å². The number of alkyl halides is 3. The van der Waals surface area contributed by atoms with Gasteiger partial charge in [0.2, 0.25) is 0 Å². The first kappa shape index (κ1) is 23.8. The minimum Gasteiger partial charge on any atom is -0.491 e. The largest absolute Gasteiger partial charge is 0.491 e. The van der Waals surface area contributed by atoms with Crippen LogP contribution in [-0.4, -0.2) is 49.4 Å². The highest BCUT2D eigenvalue weighted by molar-refractivity contribution is 9.10. The number of carbonyl (C=O) groups is 1. The van der Waals surface area contributed by atoms with Crippen LogP contribution in [0.2, 0.25) is 0 Å². The Morgan fingerprint density at radius 2 is 1.90 bits per heavy atom. The molecule has 0 aromatic heterocycles. The molecule has 0 saturated carbocycles. The molecule has 0 spiro atoms. The van der Waals surface area contributed by atoms with Crippen molar-refractivity contribution in [2.75, 3.05) is 32.8 Å². The molecule has 1 aromatic rings. The van der Waals surface area contributed by atoms with Crippen LogP contribution in [0.15, 0.2) is 22.7 Å². The Labute approximate surface area is 178 Å². The van der Waals surface area contributed by atoms with E-state index in [0.717, 1.165) is 38.1 Å². The summed E-state index contributed by atoms with van der Waals surface area (Å²) >= 11 is 3.23. The van der Waals surface area contributed by atoms with Gasteiger partial charge in [0.1, 0.15) is 18.0 Å². The highest BCUT2D eigenvalue weighted by Crippen LogP contribution is 2.35. The lowest BCUT2D eigenvalue weighted by atomic mass is 9.97. The molecular weight excluding hydrogens is 453 g/mol. The zero-order valence-corrected chi connectivity index (χ0v) is 18.5. The number of piperidine rings is 1. The van der Waals surface area contributed by atoms with Crippen molar-refractivity contribution >= 4 is 22.0 Å². The molecule has 9 heteroatoms. The summed E-state index contributed by atoms with van der Waals surface area (Å²) in [4.78, 5) is 13.9. The number of carbonyl (C=O) groups excluding carboxylic acids is 1. The van der Waals surface area contributed by atoms with Crippen LogP contribution < -0.4 is 10.1 Å². The van der Waals surface area contributed by atoms with Gasteiger partial charge in [-0.25, -0.2) is 4.79 Å². The van der Waals surface area contributed by atoms with Gasteiger partial charge in [-0.15, -0.1) is 0 Å². The lowest BCUT2D eigenvalue weighted by Gasteiger charge is -2.32. The molecule has 1 N–H and O–H groups in total. The summed E-state index contributed by atoms with van der Waals surface area (Å²) in [5, 5.41) is 2.81. The molecule has 1 saturated heterocycles. The Morgan fingerprint density at radius 3 is 2.48 bits per heavy atom. The molecule has 29 heavy (non-hydrogen) atoms. The number of alkyl carbamates (subject to hydrolysis) is 1. The van der Waals surface area contributed by atoms with Crippen molar-refractivity contribution in [1.82, 2.24) is 10.2 Å². The van der Waals surface area contributed by atoms with E-state index in [0.29, 0.717) is 30.1 Å². The maximum atomic E-state index is 12.8. The van der Waals surface area contributed by atoms with E-state index in [4.69, 9.17) is 9.47 Å². The van der Waals surface area contributed by atoms with E-state index in [2.05, 4.69) is 26.1 Å². The predicted molar refractivity (Wildman–Crippen MR) is 108 cm³/mol. The summed E-state index contributed by atoms with van der Waals surface area (Å²) < 4.78 is 49.8. The lowest BCUT2D eigenvalue weighted by molar-refractivity contribution is -0.137. The van der Waals surface area contributed by atoms with E-state index in [1.807, 2.05) is 20.8 Å². The molecular formula is C20H28BrF3N2O3. The van der Waals surface area contributed by atoms with E-state index in [9.17, 15) is 18.0 Å². The fourth-order valence-electron chi connectivity index (χ4n) is 3.03. The summed E-state index contributed by atoms with van der Waals surface area (Å²) in [5.41, 5.74) is -1.24. The number of nitrogens with one attached hydrogen (secondary N) is 1. The quantitative estimate of drug-likeness (QED) is 0.616. The fraction of sp³-hybridized carbons (Fsp3) is 0.650. The molecule has 0 bridgehead atoms. The Hall–Kier alpha value is -1.48. The van der Waals surface area contributed by atoms with Crippen LogP contribution in [-0.2, 0) is 10.9 Å². The molecule has 0 aliphatic carbocycles. The monoisotopic (exact) mass is 480 g/mol. The van der Waals surface area contributed by atoms with Crippen LogP contribution in [0.1, 0.15) is 39.2 Å². The third kappa shape index (κ3) is 8.42. The first-order valence-electron chi connectivity index (χ1n) is 9.63. The van der Waals surface area contributed by atoms with Crippen LogP contribution in [0, 0.1) is 5.92 Å². The smallest absolute Gasteiger partial charge is 0.416 e. The maximum Gasteiger partial charge on any atom is 0.416 e. The molecule has 1 aliphatic heterocycles. The fourth-order valence-corrected chi connectivity index (χ4v) is 3.39. The number of likely N-dealkylation sites (tertiary alicyclic amines) is 1. The SMILES string of the molecule is CC(C)(C)OC(=O)NCC1CCN(CCOc2cc(C(F)(F)F)ccc2Br)CC1. The van der Waals surface area contributed by atoms with E-state index in [1.165, 1.54) is 6.07 Å². The number of ether oxygens (including phenoxy) is 2. The molecule has 0 atom stereocenters. The Bertz CT molecular complexity index is 685. The minimum atomic E-state index is -4.39. The van der Waals surface area contributed by atoms with E-state index in [-0.39, 0.29) is 5.75 Å². The van der Waals surface area contributed by atoms with Crippen LogP contribution >= 0.6 is 15.9 Å². The van der Waals surface area contributed by atoms with Gasteiger partial charge < -0.3 is 14.8 Å². The minimum absolute atomic E-state index is 0.191. The third-order valence-electron chi connectivity index (χ3n) is 4.56. The van der Waals surface area contributed by atoms with Gasteiger partial charge in [-0.05, 0) is 86.7 Å². The number of halogens is 4. The number of benzene rings is 1. The highest BCUT2D eigenvalue weighted by Gasteiger charge is 2.31. The summed E-state index contributed by atoms with van der Waals surface area (Å²) in [6.45, 7) is 8.70. The summed E-state index contributed by atoms with van der Waals surface area (Å²) in [5.74, 6) is 0.577. The van der Waals surface area contributed by atoms with Gasteiger partial charge in [0.15, 0.2) is 0 Å². The Balaban J connectivity index is 1.70. The third-order valence-corrected chi connectivity index (χ3v) is 5.22. The number of hydrogen-bond donors (Lipinski definition) is 1. The van der Waals surface area contributed by atoms with E-state index in [1.54, 1.807) is 0 Å². The zero-order valence-electron chi connectivity index (χ0n) is 16.9. The summed E-state index contributed by atoms with van der Waals surface area (Å²) in [7, 11) is 0. The normalized spacial score (nSPS) is 16.5. The Morgan fingerprint density at radius 1 is 1.24 bits per heavy atom. The standard InChI is InChI=1S/C20H28BrF3N2O3/c1-19(2,3)29-18(27)25-13-14-6-8-26(9-7-14)10-11-28-17-12-15(20(22,23)24)4-5-16(17)21/h4-5,12,14H,6-11,13H2,1-3H3,(H,25,27). The molecule has 0 radical (unpaired) electrons. The average molecular weight is 481 g/mol. The molecule has 5 nitrogen and oxygen atoms in total. The molecule has 1 aromatic carbocycles. The van der Waals surface area contributed by atoms with Crippen molar-refractivity contribution < 1.29 is 27.4 Å². The second-order valence-corrected chi connectivity index (χ2v) is 9.01. The maximum absolute atomic E-state index is 12.8. The van der Waals surface area contributed by atoms with Crippen LogP contribution in [0.5, 0.6) is 5.75 Å². The summed E-state index contributed by atoms with van der Waals surface area (Å²) in [6.07, 6.45) is -2.93. The van der Waals surface area contributed by atoms with E-state index < -0.39 is 23.4 Å². The Kier molecular flexibility index (Phi) is 8.22. The van der Waals surface area contributed by atoms with Crippen molar-refractivity contribution in [3.63, 3.8) is 0 Å². The van der Waals surface area contributed by atoms with Crippen molar-refractivity contribution in [2.24, 2.45) is 5.92 Å². The second-order valence-electron chi connectivity index (χ2n) is 8.16. The highest BCUT2D eigenvalue weighted by atomic mass is 79.9. The van der Waals surface area contributed by atoms with Gasteiger partial charge in [-0.2, -0.15) is 13.2 Å². The molecule has 1 aliphatic rings. The van der Waals surface area contributed by atoms with Gasteiger partial charge in [-0.3, -0.25) is 4.90 Å². The second kappa shape index (κ2) is 10.0. The van der Waals surface area contributed by atoms with Gasteiger partial charge in [0.05, 0.1) is 10.0 Å². The van der Waals surface area contributed by atoms with Crippen LogP contribution in [0.4, 0.5) is 18.0 Å². The molecule has 2 rings (SSSR count). The number of nitrogens with zero attached hydrogens (tertiary/aromatic N) is 1. The average Bonchev–Trinajstić information content (AvgIpc) is 2.60.